The molecule has 0 saturated carbocycles. The Morgan fingerprint density at radius 2 is 2.37 bits per heavy atom. The van der Waals surface area contributed by atoms with E-state index in [1.54, 1.807) is 25.3 Å². The van der Waals surface area contributed by atoms with Gasteiger partial charge in [0.25, 0.3) is 5.91 Å². The molecule has 1 aromatic heterocycles. The fourth-order valence-electron chi connectivity index (χ4n) is 1.50. The highest BCUT2D eigenvalue weighted by atomic mass is 79.9. The molecule has 7 heteroatoms. The maximum atomic E-state index is 11.9. The van der Waals surface area contributed by atoms with Crippen molar-refractivity contribution in [3.8, 4) is 5.75 Å². The summed E-state index contributed by atoms with van der Waals surface area (Å²) in [5, 5.41) is 6.26. The minimum absolute atomic E-state index is 0.164. The number of methoxy groups -OCH3 is 1. The SMILES string of the molecule is COc1ccc(C(=O)NCCc2ncno2)cc1Br. The van der Waals surface area contributed by atoms with E-state index in [-0.39, 0.29) is 5.91 Å². The molecular formula is C12H12BrN3O3. The second-order valence-corrected chi connectivity index (χ2v) is 4.54. The van der Waals surface area contributed by atoms with Crippen LogP contribution in [0.1, 0.15) is 16.2 Å². The van der Waals surface area contributed by atoms with Gasteiger partial charge in [-0.2, -0.15) is 4.98 Å². The van der Waals surface area contributed by atoms with Gasteiger partial charge in [0.05, 0.1) is 11.6 Å². The summed E-state index contributed by atoms with van der Waals surface area (Å²) in [5.41, 5.74) is 0.554. The van der Waals surface area contributed by atoms with Crippen molar-refractivity contribution in [3.63, 3.8) is 0 Å². The number of benzene rings is 1. The van der Waals surface area contributed by atoms with Crippen molar-refractivity contribution in [2.45, 2.75) is 6.42 Å². The molecular weight excluding hydrogens is 314 g/mol. The van der Waals surface area contributed by atoms with Gasteiger partial charge in [-0.3, -0.25) is 4.79 Å². The highest BCUT2D eigenvalue weighted by Crippen LogP contribution is 2.25. The van der Waals surface area contributed by atoms with Crippen LogP contribution in [0.25, 0.3) is 0 Å². The van der Waals surface area contributed by atoms with Crippen molar-refractivity contribution < 1.29 is 14.1 Å². The van der Waals surface area contributed by atoms with Gasteiger partial charge >= 0.3 is 0 Å². The van der Waals surface area contributed by atoms with Crippen LogP contribution in [-0.2, 0) is 6.42 Å². The zero-order chi connectivity index (χ0) is 13.7. The quantitative estimate of drug-likeness (QED) is 0.907. The lowest BCUT2D eigenvalue weighted by molar-refractivity contribution is 0.0953. The lowest BCUT2D eigenvalue weighted by Gasteiger charge is -2.06. The molecule has 0 aliphatic rings. The molecule has 0 aliphatic carbocycles. The van der Waals surface area contributed by atoms with Gasteiger partial charge in [0, 0.05) is 18.5 Å². The van der Waals surface area contributed by atoms with Gasteiger partial charge in [0.15, 0.2) is 6.33 Å². The average Bonchev–Trinajstić information content (AvgIpc) is 2.91. The van der Waals surface area contributed by atoms with Gasteiger partial charge in [-0.1, -0.05) is 5.16 Å². The molecule has 0 saturated heterocycles. The number of nitrogens with one attached hydrogen (secondary N) is 1. The summed E-state index contributed by atoms with van der Waals surface area (Å²) in [5.74, 6) is 1.02. The number of amides is 1. The molecule has 0 spiro atoms. The minimum Gasteiger partial charge on any atom is -0.496 e. The van der Waals surface area contributed by atoms with Crippen LogP contribution in [0.5, 0.6) is 5.75 Å². The third-order valence-corrected chi connectivity index (χ3v) is 3.07. The van der Waals surface area contributed by atoms with Crippen LogP contribution in [-0.4, -0.2) is 29.7 Å². The average molecular weight is 326 g/mol. The van der Waals surface area contributed by atoms with E-state index in [1.807, 2.05) is 0 Å². The molecule has 6 nitrogen and oxygen atoms in total. The predicted octanol–water partition coefficient (Wildman–Crippen LogP) is 1.81. The summed E-state index contributed by atoms with van der Waals surface area (Å²) in [6.07, 6.45) is 1.83. The number of hydrogen-bond donors (Lipinski definition) is 1. The molecule has 0 bridgehead atoms. The van der Waals surface area contributed by atoms with Crippen molar-refractivity contribution in [2.24, 2.45) is 0 Å². The van der Waals surface area contributed by atoms with Crippen LogP contribution in [0.15, 0.2) is 33.5 Å². The minimum atomic E-state index is -0.164. The third kappa shape index (κ3) is 3.54. The molecule has 1 N–H and O–H groups in total. The van der Waals surface area contributed by atoms with E-state index in [0.29, 0.717) is 30.2 Å². The predicted molar refractivity (Wildman–Crippen MR) is 71.0 cm³/mol. The van der Waals surface area contributed by atoms with E-state index < -0.39 is 0 Å². The Morgan fingerprint density at radius 1 is 1.53 bits per heavy atom. The topological polar surface area (TPSA) is 77.2 Å². The zero-order valence-electron chi connectivity index (χ0n) is 10.2. The maximum Gasteiger partial charge on any atom is 0.251 e. The smallest absolute Gasteiger partial charge is 0.251 e. The van der Waals surface area contributed by atoms with E-state index in [9.17, 15) is 4.79 Å². The number of halogens is 1. The fourth-order valence-corrected chi connectivity index (χ4v) is 2.04. The van der Waals surface area contributed by atoms with Crippen molar-refractivity contribution in [1.29, 1.82) is 0 Å². The summed E-state index contributed by atoms with van der Waals surface area (Å²) < 4.78 is 10.7. The summed E-state index contributed by atoms with van der Waals surface area (Å²) >= 11 is 3.34. The molecule has 19 heavy (non-hydrogen) atoms. The van der Waals surface area contributed by atoms with Crippen LogP contribution >= 0.6 is 15.9 Å². The second kappa shape index (κ2) is 6.33. The Bertz CT molecular complexity index is 557. The second-order valence-electron chi connectivity index (χ2n) is 3.69. The Balaban J connectivity index is 1.91. The largest absolute Gasteiger partial charge is 0.496 e. The Kier molecular flexibility index (Phi) is 4.51. The summed E-state index contributed by atoms with van der Waals surface area (Å²) in [6.45, 7) is 0.435. The molecule has 1 aromatic carbocycles. The van der Waals surface area contributed by atoms with Crippen LogP contribution < -0.4 is 10.1 Å². The highest BCUT2D eigenvalue weighted by Gasteiger charge is 2.09. The molecule has 1 amide bonds. The third-order valence-electron chi connectivity index (χ3n) is 2.45. The van der Waals surface area contributed by atoms with Crippen molar-refractivity contribution in [3.05, 3.63) is 40.5 Å². The van der Waals surface area contributed by atoms with Gasteiger partial charge in [-0.05, 0) is 34.1 Å². The van der Waals surface area contributed by atoms with E-state index in [0.717, 1.165) is 4.47 Å². The van der Waals surface area contributed by atoms with Crippen LogP contribution in [0.3, 0.4) is 0 Å². The van der Waals surface area contributed by atoms with E-state index in [1.165, 1.54) is 6.33 Å². The van der Waals surface area contributed by atoms with Crippen molar-refractivity contribution in [2.75, 3.05) is 13.7 Å². The molecule has 0 fully saturated rings. The molecule has 0 aliphatic heterocycles. The highest BCUT2D eigenvalue weighted by molar-refractivity contribution is 9.10. The molecule has 0 atom stereocenters. The maximum absolute atomic E-state index is 11.9. The first-order chi connectivity index (χ1) is 9.20. The summed E-state index contributed by atoms with van der Waals surface area (Å²) in [6, 6.07) is 5.14. The summed E-state index contributed by atoms with van der Waals surface area (Å²) in [4.78, 5) is 15.8. The lowest BCUT2D eigenvalue weighted by Crippen LogP contribution is -2.25. The van der Waals surface area contributed by atoms with Gasteiger partial charge in [0.1, 0.15) is 5.75 Å². The van der Waals surface area contributed by atoms with Crippen LogP contribution in [0.4, 0.5) is 0 Å². The number of carbonyl (C=O) groups is 1. The van der Waals surface area contributed by atoms with Gasteiger partial charge in [-0.25, -0.2) is 0 Å². The fraction of sp³-hybridized carbons (Fsp3) is 0.250. The first kappa shape index (κ1) is 13.5. The first-order valence-corrected chi connectivity index (χ1v) is 6.37. The normalized spacial score (nSPS) is 10.2. The van der Waals surface area contributed by atoms with Crippen LogP contribution in [0.2, 0.25) is 0 Å². The van der Waals surface area contributed by atoms with Crippen molar-refractivity contribution >= 4 is 21.8 Å². The van der Waals surface area contributed by atoms with Crippen molar-refractivity contribution in [1.82, 2.24) is 15.5 Å². The van der Waals surface area contributed by atoms with Gasteiger partial charge < -0.3 is 14.6 Å². The molecule has 100 valence electrons. The number of carbonyl (C=O) groups excluding carboxylic acids is 1. The van der Waals surface area contributed by atoms with Gasteiger partial charge in [-0.15, -0.1) is 0 Å². The standard InChI is InChI=1S/C12H12BrN3O3/c1-18-10-3-2-8(6-9(10)13)12(17)14-5-4-11-15-7-16-19-11/h2-3,6-7H,4-5H2,1H3,(H,14,17). The number of hydrogen-bond acceptors (Lipinski definition) is 5. The number of ether oxygens (including phenoxy) is 1. The van der Waals surface area contributed by atoms with E-state index in [2.05, 4.69) is 31.4 Å². The Morgan fingerprint density at radius 3 is 3.00 bits per heavy atom. The van der Waals surface area contributed by atoms with Crippen LogP contribution in [0, 0.1) is 0 Å². The van der Waals surface area contributed by atoms with E-state index in [4.69, 9.17) is 9.26 Å². The van der Waals surface area contributed by atoms with E-state index >= 15 is 0 Å². The number of aromatic nitrogens is 2. The first-order valence-electron chi connectivity index (χ1n) is 5.58. The molecule has 1 heterocycles. The number of nitrogens with zero attached hydrogens (tertiary/aromatic N) is 2. The Hall–Kier alpha value is -1.89. The summed E-state index contributed by atoms with van der Waals surface area (Å²) in [7, 11) is 1.57. The monoisotopic (exact) mass is 325 g/mol. The zero-order valence-corrected chi connectivity index (χ0v) is 11.8. The number of rotatable bonds is 5. The molecule has 2 rings (SSSR count). The molecule has 2 aromatic rings. The lowest BCUT2D eigenvalue weighted by atomic mass is 10.2. The Labute approximate surface area is 118 Å². The molecule has 0 unspecified atom stereocenters. The van der Waals surface area contributed by atoms with Gasteiger partial charge in [0.2, 0.25) is 5.89 Å². The molecule has 0 radical (unpaired) electrons.